The van der Waals surface area contributed by atoms with Crippen LogP contribution in [0.3, 0.4) is 0 Å². The number of hydrogen-bond acceptors (Lipinski definition) is 6. The van der Waals surface area contributed by atoms with Gasteiger partial charge >= 0.3 is 11.9 Å². The molecule has 17 heavy (non-hydrogen) atoms. The molecule has 0 heterocycles. The Balaban J connectivity index is 3.27. The lowest BCUT2D eigenvalue weighted by atomic mass is 10.3. The Hall–Kier alpha value is -1.43. The quantitative estimate of drug-likeness (QED) is 0.456. The minimum Gasteiger partial charge on any atom is -0.465 e. The molecule has 0 aliphatic carbocycles. The van der Waals surface area contributed by atoms with E-state index in [4.69, 9.17) is 4.74 Å². The van der Waals surface area contributed by atoms with Gasteiger partial charge in [-0.05, 0) is 6.92 Å². The molecule has 98 valence electrons. The first-order valence-corrected chi connectivity index (χ1v) is 5.51. The maximum atomic E-state index is 11.1. The highest BCUT2D eigenvalue weighted by molar-refractivity contribution is 5.76. The van der Waals surface area contributed by atoms with Gasteiger partial charge in [-0.15, -0.1) is 0 Å². The van der Waals surface area contributed by atoms with Crippen molar-refractivity contribution in [3.8, 4) is 0 Å². The summed E-state index contributed by atoms with van der Waals surface area (Å²) in [6.07, 6.45) is 0.490. The fraction of sp³-hybridized carbons (Fsp3) is 0.727. The lowest BCUT2D eigenvalue weighted by Crippen LogP contribution is -2.24. The zero-order valence-electron chi connectivity index (χ0n) is 10.3. The molecular formula is C11H19NO5. The van der Waals surface area contributed by atoms with Gasteiger partial charge in [0.2, 0.25) is 0 Å². The third kappa shape index (κ3) is 12.5. The number of hydrogen-bond donors (Lipinski definition) is 1. The van der Waals surface area contributed by atoms with E-state index in [1.54, 1.807) is 0 Å². The van der Waals surface area contributed by atoms with Crippen LogP contribution in [0.1, 0.15) is 26.7 Å². The fourth-order valence-corrected chi connectivity index (χ4v) is 0.963. The number of Topliss-reactive ketones (excluding diaryl/α,β-unsaturated/α-hetero) is 1. The van der Waals surface area contributed by atoms with Gasteiger partial charge in [0.15, 0.2) is 0 Å². The molecule has 0 aliphatic rings. The number of ketones is 1. The van der Waals surface area contributed by atoms with E-state index in [-0.39, 0.29) is 43.8 Å². The van der Waals surface area contributed by atoms with Crippen molar-refractivity contribution in [3.63, 3.8) is 0 Å². The van der Waals surface area contributed by atoms with Crippen molar-refractivity contribution in [2.75, 3.05) is 26.3 Å². The molecule has 0 radical (unpaired) electrons. The minimum absolute atomic E-state index is 0.00249. The molecule has 6 heteroatoms. The summed E-state index contributed by atoms with van der Waals surface area (Å²) in [6, 6.07) is 0. The summed E-state index contributed by atoms with van der Waals surface area (Å²) in [7, 11) is 0. The molecule has 0 atom stereocenters. The van der Waals surface area contributed by atoms with E-state index in [1.807, 2.05) is 0 Å². The van der Waals surface area contributed by atoms with Gasteiger partial charge in [-0.3, -0.25) is 14.4 Å². The third-order valence-corrected chi connectivity index (χ3v) is 1.81. The van der Waals surface area contributed by atoms with Crippen LogP contribution in [-0.2, 0) is 23.9 Å². The number of esters is 2. The number of nitrogens with one attached hydrogen (secondary N) is 1. The molecule has 0 spiro atoms. The van der Waals surface area contributed by atoms with Crippen LogP contribution < -0.4 is 5.32 Å². The Kier molecular flexibility index (Phi) is 8.95. The van der Waals surface area contributed by atoms with Crippen molar-refractivity contribution in [3.05, 3.63) is 0 Å². The Morgan fingerprint density at radius 2 is 1.65 bits per heavy atom. The number of carbonyl (C=O) groups is 3. The van der Waals surface area contributed by atoms with Crippen LogP contribution in [0.25, 0.3) is 0 Å². The minimum atomic E-state index is -0.341. The van der Waals surface area contributed by atoms with Gasteiger partial charge in [-0.25, -0.2) is 0 Å². The summed E-state index contributed by atoms with van der Waals surface area (Å²) < 4.78 is 9.50. The summed E-state index contributed by atoms with van der Waals surface area (Å²) in [5.74, 6) is -0.668. The molecule has 0 aromatic rings. The van der Waals surface area contributed by atoms with Crippen LogP contribution in [-0.4, -0.2) is 44.0 Å². The molecule has 0 rings (SSSR count). The number of carbonyl (C=O) groups excluding carboxylic acids is 3. The first kappa shape index (κ1) is 15.6. The average molecular weight is 245 g/mol. The second-order valence-electron chi connectivity index (χ2n) is 3.51. The largest absolute Gasteiger partial charge is 0.465 e. The van der Waals surface area contributed by atoms with Gasteiger partial charge in [-0.1, -0.05) is 0 Å². The van der Waals surface area contributed by atoms with Gasteiger partial charge in [0.1, 0.15) is 12.4 Å². The highest BCUT2D eigenvalue weighted by Gasteiger charge is 2.03. The van der Waals surface area contributed by atoms with Crippen molar-refractivity contribution in [1.82, 2.24) is 5.32 Å². The predicted octanol–water partition coefficient (Wildman–Crippen LogP) is 0.0515. The molecule has 0 unspecified atom stereocenters. The van der Waals surface area contributed by atoms with E-state index in [0.29, 0.717) is 13.1 Å². The van der Waals surface area contributed by atoms with Crippen LogP contribution >= 0.6 is 0 Å². The molecule has 6 nitrogen and oxygen atoms in total. The Bertz CT molecular complexity index is 265. The van der Waals surface area contributed by atoms with Crippen LogP contribution in [0.4, 0.5) is 0 Å². The Morgan fingerprint density at radius 1 is 0.941 bits per heavy atom. The predicted molar refractivity (Wildman–Crippen MR) is 60.4 cm³/mol. The SMILES string of the molecule is CC(=O)CCOC(=O)CCNCCOC(C)=O. The molecule has 0 fully saturated rings. The molecule has 1 N–H and O–H groups in total. The van der Waals surface area contributed by atoms with Crippen molar-refractivity contribution in [1.29, 1.82) is 0 Å². The monoisotopic (exact) mass is 245 g/mol. The van der Waals surface area contributed by atoms with Crippen LogP contribution in [0.5, 0.6) is 0 Å². The van der Waals surface area contributed by atoms with Gasteiger partial charge < -0.3 is 14.8 Å². The Morgan fingerprint density at radius 3 is 2.24 bits per heavy atom. The normalized spacial score (nSPS) is 9.76. The molecule has 0 saturated heterocycles. The molecular weight excluding hydrogens is 226 g/mol. The van der Waals surface area contributed by atoms with Crippen LogP contribution in [0.2, 0.25) is 0 Å². The Labute approximate surface area is 101 Å². The average Bonchev–Trinajstić information content (AvgIpc) is 2.22. The molecule has 0 aliphatic heterocycles. The van der Waals surface area contributed by atoms with Crippen molar-refractivity contribution >= 4 is 17.7 Å². The second kappa shape index (κ2) is 9.77. The summed E-state index contributed by atoms with van der Waals surface area (Å²) in [5, 5.41) is 2.93. The number of ether oxygens (including phenoxy) is 2. The van der Waals surface area contributed by atoms with Gasteiger partial charge in [0.25, 0.3) is 0 Å². The lowest BCUT2D eigenvalue weighted by molar-refractivity contribution is -0.144. The first-order chi connectivity index (χ1) is 8.02. The van der Waals surface area contributed by atoms with E-state index < -0.39 is 0 Å². The van der Waals surface area contributed by atoms with E-state index >= 15 is 0 Å². The third-order valence-electron chi connectivity index (χ3n) is 1.81. The maximum Gasteiger partial charge on any atom is 0.307 e. The zero-order valence-corrected chi connectivity index (χ0v) is 10.3. The van der Waals surface area contributed by atoms with E-state index in [9.17, 15) is 14.4 Å². The fourth-order valence-electron chi connectivity index (χ4n) is 0.963. The summed E-state index contributed by atoms with van der Waals surface area (Å²) in [4.78, 5) is 32.1. The molecule has 0 bridgehead atoms. The maximum absolute atomic E-state index is 11.1. The summed E-state index contributed by atoms with van der Waals surface area (Å²) in [5.41, 5.74) is 0. The molecule has 0 aromatic carbocycles. The topological polar surface area (TPSA) is 81.7 Å². The molecule has 0 saturated carbocycles. The highest BCUT2D eigenvalue weighted by atomic mass is 16.5. The molecule has 0 aromatic heterocycles. The highest BCUT2D eigenvalue weighted by Crippen LogP contribution is 1.89. The van der Waals surface area contributed by atoms with E-state index in [2.05, 4.69) is 10.1 Å². The summed E-state index contributed by atoms with van der Waals surface area (Å²) >= 11 is 0. The zero-order chi connectivity index (χ0) is 13.1. The first-order valence-electron chi connectivity index (χ1n) is 5.51. The standard InChI is InChI=1S/C11H19NO5/c1-9(13)4-7-17-11(15)3-5-12-6-8-16-10(2)14/h12H,3-8H2,1-2H3. The van der Waals surface area contributed by atoms with Crippen LogP contribution in [0, 0.1) is 0 Å². The molecule has 0 amide bonds. The van der Waals surface area contributed by atoms with Crippen molar-refractivity contribution < 1.29 is 23.9 Å². The van der Waals surface area contributed by atoms with Gasteiger partial charge in [0.05, 0.1) is 13.0 Å². The number of rotatable bonds is 9. The lowest BCUT2D eigenvalue weighted by Gasteiger charge is -2.05. The van der Waals surface area contributed by atoms with E-state index in [0.717, 1.165) is 0 Å². The van der Waals surface area contributed by atoms with E-state index in [1.165, 1.54) is 13.8 Å². The van der Waals surface area contributed by atoms with Crippen molar-refractivity contribution in [2.45, 2.75) is 26.7 Å². The smallest absolute Gasteiger partial charge is 0.307 e. The summed E-state index contributed by atoms with van der Waals surface area (Å²) in [6.45, 7) is 4.17. The van der Waals surface area contributed by atoms with Gasteiger partial charge in [0, 0.05) is 26.4 Å². The second-order valence-corrected chi connectivity index (χ2v) is 3.51. The van der Waals surface area contributed by atoms with Gasteiger partial charge in [-0.2, -0.15) is 0 Å². The van der Waals surface area contributed by atoms with Crippen LogP contribution in [0.15, 0.2) is 0 Å². The van der Waals surface area contributed by atoms with Crippen molar-refractivity contribution in [2.24, 2.45) is 0 Å².